The molecular weight excluding hydrogens is 292 g/mol. The molecule has 0 unspecified atom stereocenters. The van der Waals surface area contributed by atoms with Crippen LogP contribution in [0.2, 0.25) is 0 Å². The molecule has 5 rings (SSSR count). The van der Waals surface area contributed by atoms with Crippen LogP contribution in [0.4, 0.5) is 0 Å². The van der Waals surface area contributed by atoms with Crippen LogP contribution < -0.4 is 0 Å². The SMILES string of the molecule is Cc1[nH]cnc1CN1C[C@H]2CC[C@@H](C1)N(C(=O)c1ccco1)C2. The number of aromatic nitrogens is 2. The Morgan fingerprint density at radius 1 is 1.39 bits per heavy atom. The van der Waals surface area contributed by atoms with Crippen molar-refractivity contribution in [3.05, 3.63) is 41.9 Å². The van der Waals surface area contributed by atoms with Gasteiger partial charge in [-0.2, -0.15) is 0 Å². The maximum atomic E-state index is 12.7. The molecule has 2 atom stereocenters. The van der Waals surface area contributed by atoms with Crippen molar-refractivity contribution in [3.8, 4) is 0 Å². The molecule has 0 spiro atoms. The predicted molar refractivity (Wildman–Crippen MR) is 84.9 cm³/mol. The molecule has 6 heteroatoms. The molecule has 2 aromatic heterocycles. The van der Waals surface area contributed by atoms with Crippen LogP contribution in [0.25, 0.3) is 0 Å². The molecule has 0 saturated carbocycles. The van der Waals surface area contributed by atoms with Gasteiger partial charge in [0.15, 0.2) is 5.76 Å². The van der Waals surface area contributed by atoms with Crippen LogP contribution in [0.3, 0.4) is 0 Å². The van der Waals surface area contributed by atoms with Crippen molar-refractivity contribution in [2.24, 2.45) is 5.92 Å². The molecule has 0 aromatic carbocycles. The second kappa shape index (κ2) is 5.85. The molecule has 0 radical (unpaired) electrons. The van der Waals surface area contributed by atoms with E-state index in [9.17, 15) is 4.79 Å². The number of amides is 1. The number of imidazole rings is 1. The minimum atomic E-state index is 0.0301. The zero-order valence-electron chi connectivity index (χ0n) is 13.4. The molecule has 5 heterocycles. The number of piperidine rings is 1. The first-order valence-corrected chi connectivity index (χ1v) is 8.26. The molecule has 3 aliphatic rings. The first kappa shape index (κ1) is 14.5. The smallest absolute Gasteiger partial charge is 0.289 e. The molecular formula is C17H22N4O2. The number of carbonyl (C=O) groups is 1. The van der Waals surface area contributed by atoms with Crippen LogP contribution in [-0.2, 0) is 6.54 Å². The van der Waals surface area contributed by atoms with Crippen molar-refractivity contribution in [3.63, 3.8) is 0 Å². The predicted octanol–water partition coefficient (Wildman–Crippen LogP) is 2.05. The van der Waals surface area contributed by atoms with Crippen LogP contribution in [0, 0.1) is 12.8 Å². The summed E-state index contributed by atoms with van der Waals surface area (Å²) in [6, 6.07) is 3.80. The summed E-state index contributed by atoms with van der Waals surface area (Å²) in [7, 11) is 0. The van der Waals surface area contributed by atoms with E-state index in [2.05, 4.69) is 21.8 Å². The van der Waals surface area contributed by atoms with Crippen molar-refractivity contribution in [1.29, 1.82) is 0 Å². The van der Waals surface area contributed by atoms with E-state index in [4.69, 9.17) is 4.42 Å². The van der Waals surface area contributed by atoms with E-state index in [1.807, 2.05) is 4.90 Å². The number of rotatable bonds is 3. The fourth-order valence-electron chi connectivity index (χ4n) is 3.86. The molecule has 6 nitrogen and oxygen atoms in total. The lowest BCUT2D eigenvalue weighted by atomic mass is 9.95. The van der Waals surface area contributed by atoms with Gasteiger partial charge < -0.3 is 14.3 Å². The van der Waals surface area contributed by atoms with Gasteiger partial charge in [-0.15, -0.1) is 0 Å². The van der Waals surface area contributed by atoms with Gasteiger partial charge in [0.25, 0.3) is 5.91 Å². The molecule has 3 aliphatic heterocycles. The molecule has 23 heavy (non-hydrogen) atoms. The average Bonchev–Trinajstić information content (AvgIpc) is 3.13. The first-order valence-electron chi connectivity index (χ1n) is 8.26. The molecule has 1 amide bonds. The zero-order valence-corrected chi connectivity index (χ0v) is 13.4. The Labute approximate surface area is 135 Å². The number of nitrogens with one attached hydrogen (secondary N) is 1. The van der Waals surface area contributed by atoms with Gasteiger partial charge in [-0.3, -0.25) is 9.69 Å². The Morgan fingerprint density at radius 3 is 3.04 bits per heavy atom. The van der Waals surface area contributed by atoms with E-state index in [0.29, 0.717) is 11.7 Å². The van der Waals surface area contributed by atoms with Gasteiger partial charge in [0, 0.05) is 37.9 Å². The number of aryl methyl sites for hydroxylation is 1. The lowest BCUT2D eigenvalue weighted by molar-refractivity contribution is 0.0552. The maximum Gasteiger partial charge on any atom is 0.289 e. The van der Waals surface area contributed by atoms with Crippen molar-refractivity contribution in [1.82, 2.24) is 19.8 Å². The number of aromatic amines is 1. The van der Waals surface area contributed by atoms with Crippen LogP contribution >= 0.6 is 0 Å². The Morgan fingerprint density at radius 2 is 2.30 bits per heavy atom. The third kappa shape index (κ3) is 2.79. The van der Waals surface area contributed by atoms with Crippen LogP contribution in [-0.4, -0.2) is 51.4 Å². The Bertz CT molecular complexity index is 679. The topological polar surface area (TPSA) is 65.4 Å². The van der Waals surface area contributed by atoms with E-state index in [1.165, 1.54) is 6.42 Å². The normalized spacial score (nSPS) is 24.8. The summed E-state index contributed by atoms with van der Waals surface area (Å²) in [4.78, 5) is 24.7. The van der Waals surface area contributed by atoms with E-state index >= 15 is 0 Å². The highest BCUT2D eigenvalue weighted by Gasteiger charge is 2.38. The standard InChI is InChI=1S/C17H22N4O2/c1-12-15(19-11-18-12)10-20-7-13-4-5-14(9-20)21(8-13)17(22)16-3-2-6-23-16/h2-3,6,11,13-14H,4-5,7-10H2,1H3,(H,18,19)/t13-,14+/m1/s1. The fraction of sp³-hybridized carbons (Fsp3) is 0.529. The summed E-state index contributed by atoms with van der Waals surface area (Å²) in [5.41, 5.74) is 2.24. The Balaban J connectivity index is 1.50. The number of carbonyl (C=O) groups excluding carboxylic acids is 1. The quantitative estimate of drug-likeness (QED) is 0.941. The number of fused-ring (bicyclic) bond motifs is 4. The van der Waals surface area contributed by atoms with Gasteiger partial charge in [-0.1, -0.05) is 0 Å². The van der Waals surface area contributed by atoms with E-state index < -0.39 is 0 Å². The van der Waals surface area contributed by atoms with Crippen molar-refractivity contribution in [2.45, 2.75) is 32.4 Å². The largest absolute Gasteiger partial charge is 0.459 e. The van der Waals surface area contributed by atoms with Gasteiger partial charge in [-0.25, -0.2) is 4.98 Å². The lowest BCUT2D eigenvalue weighted by Gasteiger charge is -2.35. The molecule has 122 valence electrons. The second-order valence-electron chi connectivity index (χ2n) is 6.70. The van der Waals surface area contributed by atoms with Gasteiger partial charge >= 0.3 is 0 Å². The van der Waals surface area contributed by atoms with E-state index in [1.54, 1.807) is 24.7 Å². The van der Waals surface area contributed by atoms with E-state index in [0.717, 1.165) is 44.0 Å². The summed E-state index contributed by atoms with van der Waals surface area (Å²) in [6.45, 7) is 5.69. The van der Waals surface area contributed by atoms with Gasteiger partial charge in [0.1, 0.15) is 0 Å². The van der Waals surface area contributed by atoms with Crippen LogP contribution in [0.1, 0.15) is 34.8 Å². The van der Waals surface area contributed by atoms with Crippen molar-refractivity contribution < 1.29 is 9.21 Å². The summed E-state index contributed by atoms with van der Waals surface area (Å²) in [5, 5.41) is 0. The lowest BCUT2D eigenvalue weighted by Crippen LogP contribution is -2.47. The Kier molecular flexibility index (Phi) is 3.69. The zero-order chi connectivity index (χ0) is 15.8. The van der Waals surface area contributed by atoms with Crippen molar-refractivity contribution >= 4 is 5.91 Å². The number of hydrogen-bond donors (Lipinski definition) is 1. The first-order chi connectivity index (χ1) is 11.2. The highest BCUT2D eigenvalue weighted by Crippen LogP contribution is 2.30. The monoisotopic (exact) mass is 314 g/mol. The molecule has 3 fully saturated rings. The summed E-state index contributed by atoms with van der Waals surface area (Å²) >= 11 is 0. The third-order valence-electron chi connectivity index (χ3n) is 5.09. The third-order valence-corrected chi connectivity index (χ3v) is 5.09. The molecule has 2 bridgehead atoms. The number of hydrogen-bond acceptors (Lipinski definition) is 4. The van der Waals surface area contributed by atoms with Gasteiger partial charge in [0.05, 0.1) is 18.3 Å². The molecule has 0 aliphatic carbocycles. The summed E-state index contributed by atoms with van der Waals surface area (Å²) < 4.78 is 5.31. The number of nitrogens with zero attached hydrogens (tertiary/aromatic N) is 3. The average molecular weight is 314 g/mol. The minimum absolute atomic E-state index is 0.0301. The number of furan rings is 1. The number of H-pyrrole nitrogens is 1. The summed E-state index contributed by atoms with van der Waals surface area (Å²) in [5.74, 6) is 1.02. The maximum absolute atomic E-state index is 12.7. The second-order valence-corrected chi connectivity index (χ2v) is 6.70. The van der Waals surface area contributed by atoms with Crippen LogP contribution in [0.15, 0.2) is 29.1 Å². The molecule has 3 saturated heterocycles. The van der Waals surface area contributed by atoms with Gasteiger partial charge in [-0.05, 0) is 37.8 Å². The highest BCUT2D eigenvalue weighted by molar-refractivity contribution is 5.91. The minimum Gasteiger partial charge on any atom is -0.459 e. The van der Waals surface area contributed by atoms with Crippen molar-refractivity contribution in [2.75, 3.05) is 19.6 Å². The fourth-order valence-corrected chi connectivity index (χ4v) is 3.86. The van der Waals surface area contributed by atoms with Crippen LogP contribution in [0.5, 0.6) is 0 Å². The highest BCUT2D eigenvalue weighted by atomic mass is 16.3. The summed E-state index contributed by atoms with van der Waals surface area (Å²) in [6.07, 6.45) is 5.59. The Hall–Kier alpha value is -2.08. The van der Waals surface area contributed by atoms with Gasteiger partial charge in [0.2, 0.25) is 0 Å². The molecule has 2 aromatic rings. The van der Waals surface area contributed by atoms with E-state index in [-0.39, 0.29) is 11.9 Å². The molecule has 1 N–H and O–H groups in total.